The summed E-state index contributed by atoms with van der Waals surface area (Å²) in [7, 11) is -2.32. The topological polar surface area (TPSA) is 63.7 Å². The first-order valence-corrected chi connectivity index (χ1v) is 16.1. The number of fused-ring (bicyclic) bond motifs is 1. The number of rotatable bonds is 5. The zero-order valence-corrected chi connectivity index (χ0v) is 25.5. The lowest BCUT2D eigenvalue weighted by atomic mass is 9.77. The molecule has 1 aliphatic heterocycles. The SMILES string of the molecule is COc1cccc(N2CC(C3CCCCC3)CC(C)=CS(=O)(=O)c3cc(-c4ccc(F)c(C(=O)S)c4)c(Cl)cc32)c1. The van der Waals surface area contributed by atoms with Crippen molar-refractivity contribution in [2.24, 2.45) is 11.8 Å². The molecular weight excluding hydrogens is 581 g/mol. The molecule has 1 aliphatic carbocycles. The third kappa shape index (κ3) is 6.35. The van der Waals surface area contributed by atoms with Crippen LogP contribution in [-0.2, 0) is 9.84 Å². The van der Waals surface area contributed by atoms with Crippen LogP contribution in [0, 0.1) is 17.7 Å². The summed E-state index contributed by atoms with van der Waals surface area (Å²) >= 11 is 10.6. The van der Waals surface area contributed by atoms with E-state index < -0.39 is 20.8 Å². The van der Waals surface area contributed by atoms with Gasteiger partial charge in [-0.2, -0.15) is 0 Å². The van der Waals surface area contributed by atoms with Gasteiger partial charge in [0.15, 0.2) is 0 Å². The molecule has 0 bridgehead atoms. The molecule has 1 unspecified atom stereocenters. The molecular formula is C32H33ClFNO4S2. The minimum Gasteiger partial charge on any atom is -0.497 e. The van der Waals surface area contributed by atoms with Crippen LogP contribution in [0.15, 0.2) is 70.5 Å². The maximum atomic E-state index is 14.3. The fourth-order valence-electron chi connectivity index (χ4n) is 6.19. The summed E-state index contributed by atoms with van der Waals surface area (Å²) in [5, 5.41) is 0.930. The van der Waals surface area contributed by atoms with Crippen molar-refractivity contribution in [3.8, 4) is 16.9 Å². The van der Waals surface area contributed by atoms with E-state index in [4.69, 9.17) is 16.3 Å². The number of hydrogen-bond donors (Lipinski definition) is 1. The summed E-state index contributed by atoms with van der Waals surface area (Å²) in [6.07, 6.45) is 6.52. The molecule has 0 aromatic heterocycles. The van der Waals surface area contributed by atoms with Crippen LogP contribution in [0.5, 0.6) is 5.75 Å². The summed E-state index contributed by atoms with van der Waals surface area (Å²) in [5.74, 6) is 0.666. The summed E-state index contributed by atoms with van der Waals surface area (Å²) in [6.45, 7) is 2.49. The Morgan fingerprint density at radius 3 is 2.51 bits per heavy atom. The molecule has 5 rings (SSSR count). The number of thiol groups is 1. The van der Waals surface area contributed by atoms with Gasteiger partial charge < -0.3 is 9.64 Å². The Hall–Kier alpha value is -2.81. The predicted molar refractivity (Wildman–Crippen MR) is 166 cm³/mol. The summed E-state index contributed by atoms with van der Waals surface area (Å²) < 4.78 is 47.8. The monoisotopic (exact) mass is 613 g/mol. The lowest BCUT2D eigenvalue weighted by Gasteiger charge is -2.36. The summed E-state index contributed by atoms with van der Waals surface area (Å²) in [4.78, 5) is 14.0. The number of nitrogens with zero attached hydrogens (tertiary/aromatic N) is 1. The lowest BCUT2D eigenvalue weighted by molar-refractivity contribution is 0.108. The number of ether oxygens (including phenoxy) is 1. The first-order chi connectivity index (χ1) is 19.6. The fourth-order valence-corrected chi connectivity index (χ4v) is 8.13. The third-order valence-corrected chi connectivity index (χ3v) is 10.4. The number of halogens is 2. The highest BCUT2D eigenvalue weighted by molar-refractivity contribution is 7.97. The number of methoxy groups -OCH3 is 1. The van der Waals surface area contributed by atoms with Crippen molar-refractivity contribution in [2.45, 2.75) is 50.3 Å². The molecule has 216 valence electrons. The molecule has 5 nitrogen and oxygen atoms in total. The normalized spacial score (nSPS) is 19.4. The second-order valence-electron chi connectivity index (χ2n) is 11.0. The highest BCUT2D eigenvalue weighted by Crippen LogP contribution is 2.44. The van der Waals surface area contributed by atoms with E-state index in [-0.39, 0.29) is 21.4 Å². The largest absolute Gasteiger partial charge is 0.497 e. The van der Waals surface area contributed by atoms with Gasteiger partial charge in [0.1, 0.15) is 11.6 Å². The van der Waals surface area contributed by atoms with E-state index in [1.807, 2.05) is 36.1 Å². The molecule has 3 aromatic carbocycles. The Morgan fingerprint density at radius 1 is 1.05 bits per heavy atom. The van der Waals surface area contributed by atoms with Crippen molar-refractivity contribution in [1.82, 2.24) is 0 Å². The number of carbonyl (C=O) groups excluding carboxylic acids is 1. The second kappa shape index (κ2) is 12.2. The minimum atomic E-state index is -3.92. The molecule has 9 heteroatoms. The summed E-state index contributed by atoms with van der Waals surface area (Å²) in [6, 6.07) is 14.8. The third-order valence-electron chi connectivity index (χ3n) is 8.19. The smallest absolute Gasteiger partial charge is 0.219 e. The van der Waals surface area contributed by atoms with Gasteiger partial charge in [0.05, 0.1) is 28.3 Å². The van der Waals surface area contributed by atoms with E-state index in [1.165, 1.54) is 42.9 Å². The minimum absolute atomic E-state index is 0.0893. The molecule has 1 fully saturated rings. The molecule has 0 saturated heterocycles. The quantitative estimate of drug-likeness (QED) is 0.292. The standard InChI is InChI=1S/C32H33ClFNO4S2/c1-20-13-23(21-7-4-3-5-8-21)18-35(24-9-6-10-25(15-24)39-2)30-17-28(33)26(16-31(30)41(37,38)19-20)22-11-12-29(34)27(14-22)32(36)40/h6,9-12,14-17,19,21,23H,3-5,7-8,13,18H2,1-2H3,(H,36,40). The van der Waals surface area contributed by atoms with Crippen LogP contribution >= 0.6 is 24.2 Å². The van der Waals surface area contributed by atoms with Crippen molar-refractivity contribution in [1.29, 1.82) is 0 Å². The van der Waals surface area contributed by atoms with Gasteiger partial charge in [0.25, 0.3) is 0 Å². The van der Waals surface area contributed by atoms with E-state index in [9.17, 15) is 17.6 Å². The molecule has 3 aromatic rings. The number of carbonyl (C=O) groups is 1. The second-order valence-corrected chi connectivity index (χ2v) is 13.6. The van der Waals surface area contributed by atoms with E-state index in [0.717, 1.165) is 30.2 Å². The fraction of sp³-hybridized carbons (Fsp3) is 0.344. The zero-order valence-electron chi connectivity index (χ0n) is 23.1. The Kier molecular flexibility index (Phi) is 8.83. The Bertz CT molecular complexity index is 1620. The maximum absolute atomic E-state index is 14.3. The van der Waals surface area contributed by atoms with Crippen molar-refractivity contribution < 1.29 is 22.3 Å². The van der Waals surface area contributed by atoms with Crippen molar-refractivity contribution in [3.63, 3.8) is 0 Å². The number of hydrogen-bond acceptors (Lipinski definition) is 5. The molecule has 1 saturated carbocycles. The molecule has 1 atom stereocenters. The Balaban J connectivity index is 1.74. The van der Waals surface area contributed by atoms with Gasteiger partial charge in [-0.3, -0.25) is 4.79 Å². The van der Waals surface area contributed by atoms with E-state index in [0.29, 0.717) is 41.4 Å². The van der Waals surface area contributed by atoms with Gasteiger partial charge in [-0.1, -0.05) is 61.4 Å². The first kappa shape index (κ1) is 29.7. The Morgan fingerprint density at radius 2 is 1.80 bits per heavy atom. The van der Waals surface area contributed by atoms with Gasteiger partial charge >= 0.3 is 0 Å². The summed E-state index contributed by atoms with van der Waals surface area (Å²) in [5.41, 5.74) is 2.66. The number of benzene rings is 3. The number of allylic oxidation sites excluding steroid dienone is 1. The zero-order chi connectivity index (χ0) is 29.3. The average molecular weight is 614 g/mol. The van der Waals surface area contributed by atoms with Crippen LogP contribution in [0.1, 0.15) is 55.8 Å². The van der Waals surface area contributed by atoms with Crippen LogP contribution in [0.3, 0.4) is 0 Å². The highest BCUT2D eigenvalue weighted by Gasteiger charge is 2.32. The average Bonchev–Trinajstić information content (AvgIpc) is 2.99. The highest BCUT2D eigenvalue weighted by atomic mass is 35.5. The van der Waals surface area contributed by atoms with Crippen LogP contribution in [0.2, 0.25) is 5.02 Å². The van der Waals surface area contributed by atoms with Gasteiger partial charge in [0, 0.05) is 29.3 Å². The lowest BCUT2D eigenvalue weighted by Crippen LogP contribution is -2.31. The van der Waals surface area contributed by atoms with Crippen LogP contribution < -0.4 is 9.64 Å². The van der Waals surface area contributed by atoms with E-state index in [1.54, 1.807) is 13.2 Å². The van der Waals surface area contributed by atoms with Gasteiger partial charge in [0.2, 0.25) is 15.0 Å². The van der Waals surface area contributed by atoms with Crippen LogP contribution in [0.4, 0.5) is 15.8 Å². The first-order valence-electron chi connectivity index (χ1n) is 13.8. The molecule has 1 heterocycles. The van der Waals surface area contributed by atoms with Crippen molar-refractivity contribution in [3.05, 3.63) is 82.0 Å². The number of anilines is 2. The number of sulfone groups is 1. The van der Waals surface area contributed by atoms with Gasteiger partial charge in [-0.15, -0.1) is 12.6 Å². The van der Waals surface area contributed by atoms with E-state index >= 15 is 0 Å². The van der Waals surface area contributed by atoms with Crippen LogP contribution in [0.25, 0.3) is 11.1 Å². The maximum Gasteiger partial charge on any atom is 0.219 e. The molecule has 0 N–H and O–H groups in total. The predicted octanol–water partition coefficient (Wildman–Crippen LogP) is 8.64. The van der Waals surface area contributed by atoms with Crippen molar-refractivity contribution in [2.75, 3.05) is 18.6 Å². The Labute approximate surface area is 251 Å². The van der Waals surface area contributed by atoms with Crippen LogP contribution in [-0.4, -0.2) is 27.2 Å². The van der Waals surface area contributed by atoms with Gasteiger partial charge in [-0.25, -0.2) is 12.8 Å². The van der Waals surface area contributed by atoms with Gasteiger partial charge in [-0.05, 0) is 67.1 Å². The van der Waals surface area contributed by atoms with Crippen molar-refractivity contribution >= 4 is 50.6 Å². The molecule has 0 amide bonds. The molecule has 2 aliphatic rings. The molecule has 41 heavy (non-hydrogen) atoms. The molecule has 0 radical (unpaired) electrons. The van der Waals surface area contributed by atoms with E-state index in [2.05, 4.69) is 12.6 Å². The molecule has 0 spiro atoms.